The van der Waals surface area contributed by atoms with Crippen LogP contribution in [0.5, 0.6) is 0 Å². The summed E-state index contributed by atoms with van der Waals surface area (Å²) < 4.78 is 0. The summed E-state index contributed by atoms with van der Waals surface area (Å²) in [6, 6.07) is -0.209. The molecule has 0 bridgehead atoms. The second kappa shape index (κ2) is 8.86. The number of urea groups is 1. The Kier molecular flexibility index (Phi) is 7.48. The van der Waals surface area contributed by atoms with Crippen LogP contribution in [0.3, 0.4) is 0 Å². The lowest BCUT2D eigenvalue weighted by Crippen LogP contribution is -2.50. The van der Waals surface area contributed by atoms with Gasteiger partial charge in [-0.05, 0) is 34.1 Å². The number of nitrogens with zero attached hydrogens (tertiary/aromatic N) is 2. The maximum atomic E-state index is 12.4. The van der Waals surface area contributed by atoms with Crippen molar-refractivity contribution in [2.75, 3.05) is 18.4 Å². The number of thiazole rings is 1. The summed E-state index contributed by atoms with van der Waals surface area (Å²) in [4.78, 5) is 30.3. The number of nitrogens with one attached hydrogen (secondary N) is 2. The van der Waals surface area contributed by atoms with Gasteiger partial charge in [-0.2, -0.15) is 0 Å². The molecule has 0 unspecified atom stereocenters. The molecule has 0 aliphatic heterocycles. The minimum Gasteiger partial charge on any atom is -0.333 e. The lowest BCUT2D eigenvalue weighted by Gasteiger charge is -2.28. The maximum absolute atomic E-state index is 12.4. The zero-order valence-electron chi connectivity index (χ0n) is 14.7. The topological polar surface area (TPSA) is 74.3 Å². The van der Waals surface area contributed by atoms with Gasteiger partial charge in [-0.3, -0.25) is 4.79 Å². The first-order valence-electron chi connectivity index (χ1n) is 8.00. The van der Waals surface area contributed by atoms with E-state index in [1.54, 1.807) is 4.90 Å². The van der Waals surface area contributed by atoms with Crippen molar-refractivity contribution in [3.63, 3.8) is 0 Å². The summed E-state index contributed by atoms with van der Waals surface area (Å²) in [5.74, 6) is -0.222. The zero-order chi connectivity index (χ0) is 17.5. The van der Waals surface area contributed by atoms with Crippen molar-refractivity contribution in [2.24, 2.45) is 0 Å². The van der Waals surface area contributed by atoms with Gasteiger partial charge in [0.2, 0.25) is 5.91 Å². The molecule has 0 aliphatic carbocycles. The fourth-order valence-corrected chi connectivity index (χ4v) is 2.65. The summed E-state index contributed by atoms with van der Waals surface area (Å²) in [7, 11) is 0. The first-order chi connectivity index (χ1) is 10.7. The van der Waals surface area contributed by atoms with Gasteiger partial charge in [0, 0.05) is 17.5 Å². The number of carbonyl (C=O) groups excluding carboxylic acids is 2. The Morgan fingerprint density at radius 3 is 2.52 bits per heavy atom. The molecule has 130 valence electrons. The predicted molar refractivity (Wildman–Crippen MR) is 94.9 cm³/mol. The minimum atomic E-state index is -0.330. The fraction of sp³-hybridized carbons (Fsp3) is 0.688. The number of hydrogen-bond donors (Lipinski definition) is 2. The highest BCUT2D eigenvalue weighted by Gasteiger charge is 2.21. The number of hydrogen-bond acceptors (Lipinski definition) is 4. The van der Waals surface area contributed by atoms with E-state index in [0.29, 0.717) is 11.7 Å². The highest BCUT2D eigenvalue weighted by Crippen LogP contribution is 2.14. The molecule has 1 aromatic rings. The van der Waals surface area contributed by atoms with E-state index in [9.17, 15) is 9.59 Å². The molecule has 2 N–H and O–H groups in total. The number of aromatic nitrogens is 1. The van der Waals surface area contributed by atoms with Crippen LogP contribution in [0.15, 0.2) is 5.38 Å². The summed E-state index contributed by atoms with van der Waals surface area (Å²) in [6.45, 7) is 10.4. The van der Waals surface area contributed by atoms with Crippen LogP contribution in [-0.2, 0) is 4.79 Å². The number of unbranched alkanes of at least 4 members (excludes halogenated alkanes) is 2. The van der Waals surface area contributed by atoms with Crippen LogP contribution >= 0.6 is 11.3 Å². The van der Waals surface area contributed by atoms with Gasteiger partial charge in [-0.1, -0.05) is 19.8 Å². The van der Waals surface area contributed by atoms with Crippen LogP contribution < -0.4 is 10.6 Å². The van der Waals surface area contributed by atoms with Gasteiger partial charge in [-0.25, -0.2) is 9.78 Å². The maximum Gasteiger partial charge on any atom is 0.318 e. The second-order valence-corrected chi connectivity index (χ2v) is 7.51. The van der Waals surface area contributed by atoms with Crippen molar-refractivity contribution in [2.45, 2.75) is 59.4 Å². The van der Waals surface area contributed by atoms with E-state index in [-0.39, 0.29) is 24.0 Å². The van der Waals surface area contributed by atoms with Crippen molar-refractivity contribution < 1.29 is 9.59 Å². The van der Waals surface area contributed by atoms with E-state index in [2.05, 4.69) is 22.5 Å². The molecule has 0 fully saturated rings. The summed E-state index contributed by atoms with van der Waals surface area (Å²) in [5, 5.41) is 8.10. The summed E-state index contributed by atoms with van der Waals surface area (Å²) >= 11 is 1.38. The van der Waals surface area contributed by atoms with Crippen molar-refractivity contribution >= 4 is 28.4 Å². The predicted octanol–water partition coefficient (Wildman–Crippen LogP) is 3.39. The Balaban J connectivity index is 2.63. The number of anilines is 1. The van der Waals surface area contributed by atoms with Crippen LogP contribution in [0.4, 0.5) is 9.93 Å². The molecule has 0 aromatic carbocycles. The van der Waals surface area contributed by atoms with Gasteiger partial charge < -0.3 is 15.5 Å². The number of carbonyl (C=O) groups is 2. The molecule has 0 aliphatic rings. The monoisotopic (exact) mass is 340 g/mol. The van der Waals surface area contributed by atoms with Gasteiger partial charge in [-0.15, -0.1) is 11.3 Å². The summed E-state index contributed by atoms with van der Waals surface area (Å²) in [5.41, 5.74) is 0.541. The molecule has 6 nitrogen and oxygen atoms in total. The third-order valence-electron chi connectivity index (χ3n) is 3.00. The lowest BCUT2D eigenvalue weighted by atomic mass is 10.1. The highest BCUT2D eigenvalue weighted by molar-refractivity contribution is 7.13. The van der Waals surface area contributed by atoms with Crippen molar-refractivity contribution in [3.8, 4) is 0 Å². The molecular weight excluding hydrogens is 312 g/mol. The molecule has 1 aromatic heterocycles. The van der Waals surface area contributed by atoms with Crippen LogP contribution in [0.2, 0.25) is 0 Å². The largest absolute Gasteiger partial charge is 0.333 e. The van der Waals surface area contributed by atoms with Gasteiger partial charge >= 0.3 is 6.03 Å². The minimum absolute atomic E-state index is 0.0320. The molecule has 23 heavy (non-hydrogen) atoms. The molecule has 0 saturated carbocycles. The first-order valence-corrected chi connectivity index (χ1v) is 8.88. The SMILES string of the molecule is CCCCCN(CC(=O)Nc1nc(C)cs1)C(=O)NC(C)(C)C. The molecule has 1 heterocycles. The van der Waals surface area contributed by atoms with Crippen LogP contribution in [0, 0.1) is 6.92 Å². The van der Waals surface area contributed by atoms with E-state index in [0.717, 1.165) is 25.0 Å². The van der Waals surface area contributed by atoms with E-state index in [4.69, 9.17) is 0 Å². The van der Waals surface area contributed by atoms with Gasteiger partial charge in [0.1, 0.15) is 6.54 Å². The van der Waals surface area contributed by atoms with Gasteiger partial charge in [0.25, 0.3) is 0 Å². The average Bonchev–Trinajstić information content (AvgIpc) is 2.81. The Morgan fingerprint density at radius 1 is 1.30 bits per heavy atom. The van der Waals surface area contributed by atoms with E-state index >= 15 is 0 Å². The van der Waals surface area contributed by atoms with Crippen molar-refractivity contribution in [1.82, 2.24) is 15.2 Å². The Bertz CT molecular complexity index is 522. The van der Waals surface area contributed by atoms with Crippen molar-refractivity contribution in [1.29, 1.82) is 0 Å². The van der Waals surface area contributed by atoms with Crippen LogP contribution in [-0.4, -0.2) is 40.5 Å². The Labute approximate surface area is 142 Å². The second-order valence-electron chi connectivity index (χ2n) is 6.65. The van der Waals surface area contributed by atoms with E-state index in [1.165, 1.54) is 11.3 Å². The molecule has 0 spiro atoms. The molecule has 0 atom stereocenters. The molecule has 0 saturated heterocycles. The molecule has 0 radical (unpaired) electrons. The molecule has 7 heteroatoms. The van der Waals surface area contributed by atoms with Crippen molar-refractivity contribution in [3.05, 3.63) is 11.1 Å². The average molecular weight is 340 g/mol. The smallest absolute Gasteiger partial charge is 0.318 e. The van der Waals surface area contributed by atoms with E-state index < -0.39 is 0 Å². The highest BCUT2D eigenvalue weighted by atomic mass is 32.1. The molecule has 3 amide bonds. The molecular formula is C16H28N4O2S. The first kappa shape index (κ1) is 19.4. The number of aryl methyl sites for hydroxylation is 1. The van der Waals surface area contributed by atoms with Gasteiger partial charge in [0.05, 0.1) is 5.69 Å². The Hall–Kier alpha value is -1.63. The van der Waals surface area contributed by atoms with Crippen LogP contribution in [0.1, 0.15) is 52.7 Å². The van der Waals surface area contributed by atoms with Crippen LogP contribution in [0.25, 0.3) is 0 Å². The number of rotatable bonds is 7. The quantitative estimate of drug-likeness (QED) is 0.747. The van der Waals surface area contributed by atoms with Gasteiger partial charge in [0.15, 0.2) is 5.13 Å². The third kappa shape index (κ3) is 7.97. The number of amides is 3. The fourth-order valence-electron chi connectivity index (χ4n) is 1.95. The third-order valence-corrected chi connectivity index (χ3v) is 3.88. The molecule has 1 rings (SSSR count). The van der Waals surface area contributed by atoms with E-state index in [1.807, 2.05) is 33.1 Å². The zero-order valence-corrected chi connectivity index (χ0v) is 15.5. The lowest BCUT2D eigenvalue weighted by molar-refractivity contribution is -0.116. The summed E-state index contributed by atoms with van der Waals surface area (Å²) in [6.07, 6.45) is 2.99. The Morgan fingerprint density at radius 2 is 2.00 bits per heavy atom. The standard InChI is InChI=1S/C16H28N4O2S/c1-6-7-8-9-20(15(22)19-16(3,4)5)10-13(21)18-14-17-12(2)11-23-14/h11H,6-10H2,1-5H3,(H,19,22)(H,17,18,21). The normalized spacial score (nSPS) is 11.2.